The second-order valence-electron chi connectivity index (χ2n) is 13.0. The zero-order valence-electron chi connectivity index (χ0n) is 27.6. The predicted molar refractivity (Wildman–Crippen MR) is 187 cm³/mol. The Labute approximate surface area is 295 Å². The van der Waals surface area contributed by atoms with Gasteiger partial charge >= 0.3 is 6.18 Å². The quantitative estimate of drug-likeness (QED) is 0.281. The Balaban J connectivity index is 1.21. The first-order valence-electron chi connectivity index (χ1n) is 16.7. The molecule has 1 atom stereocenters. The van der Waals surface area contributed by atoms with E-state index in [4.69, 9.17) is 16.7 Å². The second-order valence-corrected chi connectivity index (χ2v) is 16.5. The van der Waals surface area contributed by atoms with Crippen molar-refractivity contribution in [3.8, 4) is 11.3 Å². The number of sulfonamides is 1. The van der Waals surface area contributed by atoms with Crippen LogP contribution in [0.25, 0.3) is 11.3 Å². The number of hydrogen-bond donors (Lipinski definition) is 1. The Morgan fingerprint density at radius 1 is 1.00 bits per heavy atom. The molecule has 1 N–H and O–H groups in total. The SMILES string of the molecule is CS(=O)(=O)N1CCc2c(c(-c3ccc(C(F)(F)F)c(SCCN4CCCCC4)c3)nn2CC(O)CN2CCN(c3ncccc3Cl)CC2)C1. The van der Waals surface area contributed by atoms with Crippen LogP contribution in [0.15, 0.2) is 41.4 Å². The van der Waals surface area contributed by atoms with Crippen molar-refractivity contribution >= 4 is 39.2 Å². The van der Waals surface area contributed by atoms with E-state index in [0.717, 1.165) is 49.8 Å². The number of nitrogens with zero attached hydrogens (tertiary/aromatic N) is 7. The summed E-state index contributed by atoms with van der Waals surface area (Å²) >= 11 is 7.53. The lowest BCUT2D eigenvalue weighted by Gasteiger charge is -2.36. The average molecular weight is 742 g/mol. The van der Waals surface area contributed by atoms with Gasteiger partial charge in [-0.05, 0) is 50.2 Å². The summed E-state index contributed by atoms with van der Waals surface area (Å²) in [4.78, 5) is 11.1. The molecule has 0 radical (unpaired) electrons. The topological polar surface area (TPSA) is 98.0 Å². The number of pyridine rings is 1. The summed E-state index contributed by atoms with van der Waals surface area (Å²) in [6.07, 6.45) is 1.37. The molecule has 268 valence electrons. The van der Waals surface area contributed by atoms with Gasteiger partial charge in [0.05, 0.1) is 35.2 Å². The van der Waals surface area contributed by atoms with E-state index in [1.165, 1.54) is 28.6 Å². The van der Waals surface area contributed by atoms with Crippen LogP contribution in [-0.2, 0) is 35.7 Å². The molecule has 3 aliphatic rings. The highest BCUT2D eigenvalue weighted by Gasteiger charge is 2.35. The summed E-state index contributed by atoms with van der Waals surface area (Å²) in [7, 11) is -3.52. The molecule has 49 heavy (non-hydrogen) atoms. The number of thioether (sulfide) groups is 1. The van der Waals surface area contributed by atoms with Gasteiger partial charge in [-0.15, -0.1) is 11.8 Å². The molecule has 10 nitrogen and oxygen atoms in total. The van der Waals surface area contributed by atoms with Crippen LogP contribution >= 0.6 is 23.4 Å². The molecule has 0 aliphatic carbocycles. The van der Waals surface area contributed by atoms with Crippen LogP contribution < -0.4 is 4.90 Å². The monoisotopic (exact) mass is 741 g/mol. The first-order chi connectivity index (χ1) is 23.4. The fraction of sp³-hybridized carbons (Fsp3) is 0.576. The van der Waals surface area contributed by atoms with Crippen molar-refractivity contribution in [2.45, 2.75) is 55.9 Å². The lowest BCUT2D eigenvalue weighted by atomic mass is 10.0. The predicted octanol–water partition coefficient (Wildman–Crippen LogP) is 4.70. The van der Waals surface area contributed by atoms with Crippen LogP contribution in [0, 0.1) is 0 Å². The van der Waals surface area contributed by atoms with Gasteiger partial charge in [-0.1, -0.05) is 24.1 Å². The maximum Gasteiger partial charge on any atom is 0.417 e. The number of alkyl halides is 3. The third kappa shape index (κ3) is 8.92. The Kier molecular flexibility index (Phi) is 11.5. The largest absolute Gasteiger partial charge is 0.417 e. The number of aromatic nitrogens is 3. The van der Waals surface area contributed by atoms with Crippen molar-refractivity contribution in [2.75, 3.05) is 75.8 Å². The number of rotatable bonds is 11. The smallest absolute Gasteiger partial charge is 0.390 e. The molecule has 16 heteroatoms. The highest BCUT2D eigenvalue weighted by molar-refractivity contribution is 7.99. The van der Waals surface area contributed by atoms with E-state index in [1.54, 1.807) is 23.0 Å². The Bertz CT molecular complexity index is 1710. The van der Waals surface area contributed by atoms with E-state index < -0.39 is 27.9 Å². The van der Waals surface area contributed by atoms with Gasteiger partial charge in [-0.25, -0.2) is 13.4 Å². The standard InChI is InChI=1S/C33H43ClF3N7O3S2/c1-49(46,47)43-13-9-29-26(23-43)31(24-7-8-27(33(35,36)37)30(20-24)48-19-18-40-11-3-2-4-12-40)39-44(29)22-25(45)21-41-14-16-42(17-15-41)32-28(34)6-5-10-38-32/h5-8,10,20,25,45H,2-4,9,11-19,21-23H2,1H3. The van der Waals surface area contributed by atoms with E-state index in [2.05, 4.69) is 19.7 Å². The summed E-state index contributed by atoms with van der Waals surface area (Å²) in [6, 6.07) is 7.68. The van der Waals surface area contributed by atoms with Crippen LogP contribution in [0.2, 0.25) is 5.02 Å². The maximum absolute atomic E-state index is 14.1. The van der Waals surface area contributed by atoms with E-state index >= 15 is 0 Å². The number of fused-ring (bicyclic) bond motifs is 1. The number of piperazine rings is 1. The van der Waals surface area contributed by atoms with Crippen molar-refractivity contribution in [1.82, 2.24) is 28.9 Å². The molecule has 3 aliphatic heterocycles. The summed E-state index contributed by atoms with van der Waals surface area (Å²) in [5.41, 5.74) is 1.71. The highest BCUT2D eigenvalue weighted by Crippen LogP contribution is 2.40. The van der Waals surface area contributed by atoms with Gasteiger partial charge in [-0.3, -0.25) is 9.58 Å². The number of piperidine rings is 1. The zero-order valence-corrected chi connectivity index (χ0v) is 30.0. The van der Waals surface area contributed by atoms with Crippen LogP contribution in [0.3, 0.4) is 0 Å². The fourth-order valence-corrected chi connectivity index (χ4v) is 9.08. The number of β-amino-alcohol motifs (C(OH)–C–C–N with tert-alkyl or cyclic N) is 1. The fourth-order valence-electron chi connectivity index (χ4n) is 6.93. The number of aliphatic hydroxyl groups is 1. The zero-order chi connectivity index (χ0) is 34.8. The molecular formula is C33H43ClF3N7O3S2. The lowest BCUT2D eigenvalue weighted by Crippen LogP contribution is -2.49. The number of anilines is 1. The Hall–Kier alpha value is -2.40. The van der Waals surface area contributed by atoms with Gasteiger partial charge in [0.15, 0.2) is 0 Å². The number of hydrogen-bond acceptors (Lipinski definition) is 9. The van der Waals surface area contributed by atoms with Crippen LogP contribution in [0.5, 0.6) is 0 Å². The molecule has 0 saturated carbocycles. The van der Waals surface area contributed by atoms with E-state index in [-0.39, 0.29) is 24.5 Å². The first kappa shape index (κ1) is 36.4. The minimum absolute atomic E-state index is 0.0656. The maximum atomic E-state index is 14.1. The minimum Gasteiger partial charge on any atom is -0.390 e. The van der Waals surface area contributed by atoms with Crippen molar-refractivity contribution in [3.63, 3.8) is 0 Å². The third-order valence-corrected chi connectivity index (χ3v) is 12.1. The second kappa shape index (κ2) is 15.5. The van der Waals surface area contributed by atoms with Gasteiger partial charge in [-0.2, -0.15) is 22.6 Å². The number of likely N-dealkylation sites (tertiary alicyclic amines) is 1. The van der Waals surface area contributed by atoms with Gasteiger partial charge in [0.2, 0.25) is 10.0 Å². The van der Waals surface area contributed by atoms with E-state index in [0.29, 0.717) is 73.3 Å². The first-order valence-corrected chi connectivity index (χ1v) is 19.9. The molecule has 5 heterocycles. The van der Waals surface area contributed by atoms with Crippen molar-refractivity contribution in [1.29, 1.82) is 0 Å². The summed E-state index contributed by atoms with van der Waals surface area (Å²) in [5.74, 6) is 1.27. The molecule has 0 spiro atoms. The van der Waals surface area contributed by atoms with Gasteiger partial charge < -0.3 is 14.9 Å². The van der Waals surface area contributed by atoms with Crippen LogP contribution in [0.4, 0.5) is 19.0 Å². The molecule has 1 unspecified atom stereocenters. The van der Waals surface area contributed by atoms with Crippen molar-refractivity contribution in [3.05, 3.63) is 58.4 Å². The summed E-state index contributed by atoms with van der Waals surface area (Å²) < 4.78 is 70.6. The summed E-state index contributed by atoms with van der Waals surface area (Å²) in [5, 5.41) is 16.7. The minimum atomic E-state index is -4.52. The number of halogens is 4. The number of benzene rings is 1. The summed E-state index contributed by atoms with van der Waals surface area (Å²) in [6.45, 7) is 6.38. The number of aliphatic hydroxyl groups excluding tert-OH is 1. The molecular weight excluding hydrogens is 699 g/mol. The van der Waals surface area contributed by atoms with Crippen LogP contribution in [-0.4, -0.2) is 119 Å². The van der Waals surface area contributed by atoms with E-state index in [9.17, 15) is 26.7 Å². The molecule has 0 amide bonds. The lowest BCUT2D eigenvalue weighted by molar-refractivity contribution is -0.139. The van der Waals surface area contributed by atoms with Gasteiger partial charge in [0, 0.05) is 92.4 Å². The molecule has 2 saturated heterocycles. The highest BCUT2D eigenvalue weighted by atomic mass is 35.5. The molecule has 6 rings (SSSR count). The third-order valence-electron chi connectivity index (χ3n) is 9.51. The Morgan fingerprint density at radius 2 is 1.76 bits per heavy atom. The molecule has 2 aromatic heterocycles. The molecule has 0 bridgehead atoms. The molecule has 2 fully saturated rings. The van der Waals surface area contributed by atoms with Crippen LogP contribution in [0.1, 0.15) is 36.1 Å². The van der Waals surface area contributed by atoms with E-state index in [1.807, 2.05) is 6.07 Å². The molecule has 1 aromatic carbocycles. The van der Waals surface area contributed by atoms with Gasteiger partial charge in [0.1, 0.15) is 5.82 Å². The van der Waals surface area contributed by atoms with Crippen molar-refractivity contribution < 1.29 is 26.7 Å². The Morgan fingerprint density at radius 3 is 2.45 bits per heavy atom. The van der Waals surface area contributed by atoms with Crippen molar-refractivity contribution in [2.24, 2.45) is 0 Å². The average Bonchev–Trinajstić information content (AvgIpc) is 3.42. The van der Waals surface area contributed by atoms with Gasteiger partial charge in [0.25, 0.3) is 0 Å². The molecule has 3 aromatic rings. The normalized spacial score (nSPS) is 19.3.